The minimum absolute atomic E-state index is 0.0201. The number of benzene rings is 1. The van der Waals surface area contributed by atoms with Crippen LogP contribution in [0.25, 0.3) is 0 Å². The molecule has 1 heterocycles. The quantitative estimate of drug-likeness (QED) is 0.850. The molecule has 2 rings (SSSR count). The number of para-hydroxylation sites is 2. The van der Waals surface area contributed by atoms with Gasteiger partial charge in [-0.3, -0.25) is 4.79 Å². The molecule has 0 amide bonds. The third-order valence-corrected chi connectivity index (χ3v) is 2.86. The molecule has 0 aliphatic rings. The van der Waals surface area contributed by atoms with E-state index in [0.717, 1.165) is 0 Å². The summed E-state index contributed by atoms with van der Waals surface area (Å²) in [5.74, 6) is 0.390. The van der Waals surface area contributed by atoms with Crippen molar-refractivity contribution in [3.8, 4) is 11.5 Å². The fourth-order valence-electron chi connectivity index (χ4n) is 1.80. The molecule has 1 aromatic heterocycles. The van der Waals surface area contributed by atoms with Crippen molar-refractivity contribution in [1.29, 1.82) is 0 Å². The van der Waals surface area contributed by atoms with Crippen molar-refractivity contribution in [2.75, 3.05) is 13.7 Å². The number of hydrogen-bond donors (Lipinski definition) is 1. The van der Waals surface area contributed by atoms with E-state index in [4.69, 9.17) is 13.9 Å². The van der Waals surface area contributed by atoms with Crippen molar-refractivity contribution >= 4 is 5.97 Å². The summed E-state index contributed by atoms with van der Waals surface area (Å²) in [5.41, 5.74) is 0. The molecule has 0 fully saturated rings. The fraction of sp³-hybridized carbons (Fsp3) is 0.267. The molecule has 1 aromatic carbocycles. The van der Waals surface area contributed by atoms with Gasteiger partial charge in [0.2, 0.25) is 0 Å². The molecule has 5 heteroatoms. The number of phenols is 1. The van der Waals surface area contributed by atoms with E-state index in [-0.39, 0.29) is 12.4 Å². The van der Waals surface area contributed by atoms with E-state index in [0.29, 0.717) is 17.3 Å². The Balaban J connectivity index is 2.13. The molecular formula is C15H16O5. The Labute approximate surface area is 116 Å². The zero-order valence-electron chi connectivity index (χ0n) is 11.3. The van der Waals surface area contributed by atoms with E-state index >= 15 is 0 Å². The van der Waals surface area contributed by atoms with Gasteiger partial charge in [0, 0.05) is 0 Å². The van der Waals surface area contributed by atoms with Gasteiger partial charge in [-0.25, -0.2) is 0 Å². The highest BCUT2D eigenvalue weighted by Crippen LogP contribution is 2.27. The van der Waals surface area contributed by atoms with Gasteiger partial charge in [-0.05, 0) is 31.2 Å². The van der Waals surface area contributed by atoms with Crippen molar-refractivity contribution in [3.63, 3.8) is 0 Å². The summed E-state index contributed by atoms with van der Waals surface area (Å²) in [4.78, 5) is 11.8. The number of ether oxygens (including phenoxy) is 2. The Morgan fingerprint density at radius 2 is 2.05 bits per heavy atom. The molecule has 1 unspecified atom stereocenters. The predicted molar refractivity (Wildman–Crippen MR) is 71.8 cm³/mol. The van der Waals surface area contributed by atoms with Crippen molar-refractivity contribution < 1.29 is 23.8 Å². The molecule has 0 aliphatic heterocycles. The van der Waals surface area contributed by atoms with Gasteiger partial charge in [0.15, 0.2) is 11.5 Å². The highest BCUT2D eigenvalue weighted by atomic mass is 16.5. The maximum atomic E-state index is 11.8. The summed E-state index contributed by atoms with van der Waals surface area (Å²) in [6.07, 6.45) is 0. The first-order valence-electron chi connectivity index (χ1n) is 6.16. The number of carbonyl (C=O) groups excluding carboxylic acids is 1. The number of furan rings is 1. The third-order valence-electron chi connectivity index (χ3n) is 2.86. The molecule has 0 spiro atoms. The minimum atomic E-state index is -0.673. The molecule has 0 aliphatic carbocycles. The average molecular weight is 276 g/mol. The van der Waals surface area contributed by atoms with E-state index in [1.54, 1.807) is 37.3 Å². The second-order valence-corrected chi connectivity index (χ2v) is 4.30. The lowest BCUT2D eigenvalue weighted by Crippen LogP contribution is -2.20. The minimum Gasteiger partial charge on any atom is -0.504 e. The smallest absolute Gasteiger partial charge is 0.319 e. The van der Waals surface area contributed by atoms with Gasteiger partial charge in [-0.15, -0.1) is 0 Å². The van der Waals surface area contributed by atoms with Crippen LogP contribution in [0.2, 0.25) is 0 Å². The maximum absolute atomic E-state index is 11.8. The summed E-state index contributed by atoms with van der Waals surface area (Å²) in [6.45, 7) is 1.82. The van der Waals surface area contributed by atoms with Gasteiger partial charge in [0.25, 0.3) is 0 Å². The van der Waals surface area contributed by atoms with E-state index in [1.165, 1.54) is 13.2 Å². The number of rotatable bonds is 5. The zero-order valence-corrected chi connectivity index (χ0v) is 11.3. The van der Waals surface area contributed by atoms with Crippen LogP contribution in [0.1, 0.15) is 17.4 Å². The number of esters is 1. The van der Waals surface area contributed by atoms with Crippen LogP contribution in [-0.4, -0.2) is 24.8 Å². The standard InChI is InChI=1S/C15H16O5/c1-10-7-8-13(20-10)11(15(17)18-2)9-19-14-6-4-3-5-12(14)16/h3-8,11,16H,9H2,1-2H3. The van der Waals surface area contributed by atoms with Crippen LogP contribution < -0.4 is 4.74 Å². The summed E-state index contributed by atoms with van der Waals surface area (Å²) >= 11 is 0. The molecule has 1 atom stereocenters. The van der Waals surface area contributed by atoms with Gasteiger partial charge >= 0.3 is 5.97 Å². The maximum Gasteiger partial charge on any atom is 0.319 e. The Bertz CT molecular complexity index is 587. The van der Waals surface area contributed by atoms with Gasteiger partial charge in [-0.2, -0.15) is 0 Å². The topological polar surface area (TPSA) is 68.9 Å². The Morgan fingerprint density at radius 1 is 1.30 bits per heavy atom. The van der Waals surface area contributed by atoms with Crippen LogP contribution in [-0.2, 0) is 9.53 Å². The van der Waals surface area contributed by atoms with Crippen LogP contribution >= 0.6 is 0 Å². The van der Waals surface area contributed by atoms with Crippen LogP contribution in [0.4, 0.5) is 0 Å². The Kier molecular flexibility index (Phi) is 4.30. The highest BCUT2D eigenvalue weighted by Gasteiger charge is 2.26. The molecular weight excluding hydrogens is 260 g/mol. The van der Waals surface area contributed by atoms with Gasteiger partial charge in [-0.1, -0.05) is 12.1 Å². The number of aromatic hydroxyl groups is 1. The molecule has 1 N–H and O–H groups in total. The van der Waals surface area contributed by atoms with E-state index in [9.17, 15) is 9.90 Å². The SMILES string of the molecule is COC(=O)C(COc1ccccc1O)c1ccc(C)o1. The summed E-state index contributed by atoms with van der Waals surface area (Å²) in [5, 5.41) is 9.63. The van der Waals surface area contributed by atoms with Crippen molar-refractivity contribution in [2.24, 2.45) is 0 Å². The molecule has 0 saturated carbocycles. The molecule has 0 radical (unpaired) electrons. The van der Waals surface area contributed by atoms with Crippen molar-refractivity contribution in [1.82, 2.24) is 0 Å². The van der Waals surface area contributed by atoms with Gasteiger partial charge in [0.05, 0.1) is 7.11 Å². The molecule has 2 aromatic rings. The number of methoxy groups -OCH3 is 1. The number of phenolic OH excluding ortho intramolecular Hbond substituents is 1. The van der Waals surface area contributed by atoms with E-state index in [2.05, 4.69) is 0 Å². The van der Waals surface area contributed by atoms with E-state index in [1.807, 2.05) is 0 Å². The zero-order chi connectivity index (χ0) is 14.5. The van der Waals surface area contributed by atoms with Crippen LogP contribution in [0.3, 0.4) is 0 Å². The normalized spacial score (nSPS) is 11.9. The summed E-state index contributed by atoms with van der Waals surface area (Å²) < 4.78 is 15.7. The van der Waals surface area contributed by atoms with Crippen LogP contribution in [0.5, 0.6) is 11.5 Å². The highest BCUT2D eigenvalue weighted by molar-refractivity contribution is 5.77. The molecule has 0 saturated heterocycles. The number of aryl methyl sites for hydroxylation is 1. The molecule has 0 bridgehead atoms. The predicted octanol–water partition coefficient (Wildman–Crippen LogP) is 2.63. The fourth-order valence-corrected chi connectivity index (χ4v) is 1.80. The van der Waals surface area contributed by atoms with Gasteiger partial charge in [0.1, 0.15) is 24.0 Å². The monoisotopic (exact) mass is 276 g/mol. The number of carbonyl (C=O) groups is 1. The van der Waals surface area contributed by atoms with Gasteiger partial charge < -0.3 is 19.0 Å². The molecule has 106 valence electrons. The molecule has 5 nitrogen and oxygen atoms in total. The second-order valence-electron chi connectivity index (χ2n) is 4.30. The Hall–Kier alpha value is -2.43. The molecule has 20 heavy (non-hydrogen) atoms. The first-order chi connectivity index (χ1) is 9.61. The van der Waals surface area contributed by atoms with Crippen molar-refractivity contribution in [2.45, 2.75) is 12.8 Å². The first kappa shape index (κ1) is 14.0. The van der Waals surface area contributed by atoms with Crippen LogP contribution in [0, 0.1) is 6.92 Å². The largest absolute Gasteiger partial charge is 0.504 e. The lowest BCUT2D eigenvalue weighted by Gasteiger charge is -2.14. The number of hydrogen-bond acceptors (Lipinski definition) is 5. The lowest BCUT2D eigenvalue weighted by atomic mass is 10.1. The summed E-state index contributed by atoms with van der Waals surface area (Å²) in [6, 6.07) is 10.0. The average Bonchev–Trinajstić information content (AvgIpc) is 2.87. The van der Waals surface area contributed by atoms with Crippen LogP contribution in [0.15, 0.2) is 40.8 Å². The van der Waals surface area contributed by atoms with Crippen molar-refractivity contribution in [3.05, 3.63) is 47.9 Å². The first-order valence-corrected chi connectivity index (χ1v) is 6.16. The van der Waals surface area contributed by atoms with E-state index < -0.39 is 11.9 Å². The lowest BCUT2D eigenvalue weighted by molar-refractivity contribution is -0.143. The Morgan fingerprint density at radius 3 is 2.65 bits per heavy atom. The summed E-state index contributed by atoms with van der Waals surface area (Å²) in [7, 11) is 1.31. The third kappa shape index (κ3) is 3.12. The second kappa shape index (κ2) is 6.14.